The zero-order valence-corrected chi connectivity index (χ0v) is 21.9. The first-order valence-corrected chi connectivity index (χ1v) is 14.1. The molecule has 2 aromatic heterocycles. The number of hydrogen-bond acceptors (Lipinski definition) is 5. The van der Waals surface area contributed by atoms with Crippen LogP contribution in [-0.4, -0.2) is 32.0 Å². The van der Waals surface area contributed by atoms with Gasteiger partial charge in [0.2, 0.25) is 0 Å². The number of hydrogen-bond donors (Lipinski definition) is 2. The predicted octanol–water partition coefficient (Wildman–Crippen LogP) is 5.32. The largest absolute Gasteiger partial charge is 0.488 e. The van der Waals surface area contributed by atoms with E-state index in [-0.39, 0.29) is 17.2 Å². The van der Waals surface area contributed by atoms with Gasteiger partial charge in [0.25, 0.3) is 0 Å². The topological polar surface area (TPSA) is 101 Å². The van der Waals surface area contributed by atoms with E-state index < -0.39 is 0 Å². The molecule has 0 radical (unpaired) electrons. The maximum atomic E-state index is 10.9. The summed E-state index contributed by atoms with van der Waals surface area (Å²) in [4.78, 5) is 36.9. The van der Waals surface area contributed by atoms with E-state index in [1.807, 2.05) is 6.07 Å². The third kappa shape index (κ3) is 3.92. The molecule has 0 amide bonds. The average Bonchev–Trinajstić information content (AvgIpc) is 3.58. The van der Waals surface area contributed by atoms with Crippen molar-refractivity contribution in [3.05, 3.63) is 78.5 Å². The molecule has 4 aromatic carbocycles. The van der Waals surface area contributed by atoms with Crippen molar-refractivity contribution in [3.8, 4) is 39.3 Å². The highest BCUT2D eigenvalue weighted by Gasteiger charge is 2.21. The van der Waals surface area contributed by atoms with Crippen molar-refractivity contribution in [1.82, 2.24) is 19.9 Å². The molecule has 0 aliphatic carbocycles. The lowest BCUT2D eigenvalue weighted by Gasteiger charge is -2.23. The van der Waals surface area contributed by atoms with Crippen molar-refractivity contribution in [1.29, 1.82) is 0 Å². The van der Waals surface area contributed by atoms with Gasteiger partial charge in [0.15, 0.2) is 0 Å². The maximum Gasteiger partial charge on any atom is 0.146 e. The number of imidazole rings is 2. The van der Waals surface area contributed by atoms with Crippen LogP contribution >= 0.6 is 17.2 Å². The predicted molar refractivity (Wildman–Crippen MR) is 156 cm³/mol. The number of rotatable bonds is 6. The summed E-state index contributed by atoms with van der Waals surface area (Å²) in [6.07, 6.45) is 1.77. The number of ether oxygens (including phenoxy) is 1. The normalized spacial score (nSPS) is 12.8. The lowest BCUT2D eigenvalue weighted by atomic mass is 9.91. The molecule has 184 valence electrons. The molecule has 9 heteroatoms. The fraction of sp³-hybridized carbons (Fsp3) is 0.0345. The third-order valence-corrected chi connectivity index (χ3v) is 8.10. The van der Waals surface area contributed by atoms with Gasteiger partial charge < -0.3 is 14.7 Å². The van der Waals surface area contributed by atoms with E-state index in [0.717, 1.165) is 78.7 Å². The number of carbonyl (C=O) groups excluding carboxylic acids is 2. The second-order valence-corrected chi connectivity index (χ2v) is 11.0. The van der Waals surface area contributed by atoms with E-state index in [4.69, 9.17) is 4.74 Å². The van der Waals surface area contributed by atoms with Gasteiger partial charge >= 0.3 is 0 Å². The Labute approximate surface area is 220 Å². The molecule has 7 rings (SSSR count). The highest BCUT2D eigenvalue weighted by atomic mass is 31.1. The van der Waals surface area contributed by atoms with Crippen molar-refractivity contribution in [3.63, 3.8) is 0 Å². The van der Waals surface area contributed by atoms with Crippen molar-refractivity contribution in [2.24, 2.45) is 0 Å². The summed E-state index contributed by atoms with van der Waals surface area (Å²) in [5.74, 6) is 0.897. The molecule has 6 aromatic rings. The molecule has 0 saturated carbocycles. The number of H-pyrrole nitrogens is 2. The van der Waals surface area contributed by atoms with Gasteiger partial charge in [-0.05, 0) is 57.5 Å². The van der Waals surface area contributed by atoms with Crippen LogP contribution in [0.1, 0.15) is 5.56 Å². The second-order valence-electron chi connectivity index (χ2n) is 9.03. The molecule has 0 spiro atoms. The average molecular weight is 534 g/mol. The van der Waals surface area contributed by atoms with Crippen LogP contribution in [0.2, 0.25) is 0 Å². The number of carbonyl (C=O) groups is 2. The van der Waals surface area contributed by atoms with Crippen molar-refractivity contribution >= 4 is 62.2 Å². The second kappa shape index (κ2) is 9.29. The first-order valence-electron chi connectivity index (χ1n) is 12.0. The van der Waals surface area contributed by atoms with Crippen molar-refractivity contribution in [2.45, 2.75) is 6.61 Å². The first-order chi connectivity index (χ1) is 18.7. The van der Waals surface area contributed by atoms with Crippen LogP contribution in [0.4, 0.5) is 0 Å². The van der Waals surface area contributed by atoms with Crippen LogP contribution in [0.3, 0.4) is 0 Å². The summed E-state index contributed by atoms with van der Waals surface area (Å²) in [5.41, 5.74) is 10.6. The van der Waals surface area contributed by atoms with E-state index in [9.17, 15) is 9.59 Å². The molecular weight excluding hydrogens is 514 g/mol. The Bertz CT molecular complexity index is 1890. The molecule has 38 heavy (non-hydrogen) atoms. The first kappa shape index (κ1) is 23.0. The molecule has 0 fully saturated rings. The van der Waals surface area contributed by atoms with Gasteiger partial charge in [-0.1, -0.05) is 42.5 Å². The summed E-state index contributed by atoms with van der Waals surface area (Å²) in [7, 11) is 0.0498. The van der Waals surface area contributed by atoms with Gasteiger partial charge in [-0.15, -0.1) is 0 Å². The number of nitrogens with one attached hydrogen (secondary N) is 2. The minimum atomic E-state index is 0.0238. The molecule has 0 saturated heterocycles. The Hall–Kier alpha value is -4.18. The monoisotopic (exact) mass is 534 g/mol. The number of fused-ring (bicyclic) bond motifs is 6. The Morgan fingerprint density at radius 2 is 1.58 bits per heavy atom. The van der Waals surface area contributed by atoms with E-state index in [1.54, 1.807) is 6.20 Å². The Morgan fingerprint density at radius 1 is 0.789 bits per heavy atom. The zero-order chi connectivity index (χ0) is 25.6. The summed E-state index contributed by atoms with van der Waals surface area (Å²) >= 11 is 0. The number of nitrogens with zero attached hydrogens (tertiary/aromatic N) is 2. The minimum absolute atomic E-state index is 0.0238. The molecule has 2 N–H and O–H groups in total. The molecule has 1 aliphatic heterocycles. The third-order valence-electron chi connectivity index (χ3n) is 6.83. The molecule has 2 unspecified atom stereocenters. The van der Waals surface area contributed by atoms with Crippen molar-refractivity contribution < 1.29 is 14.3 Å². The van der Waals surface area contributed by atoms with Gasteiger partial charge in [-0.3, -0.25) is 9.59 Å². The molecule has 7 nitrogen and oxygen atoms in total. The number of aromatic amines is 2. The lowest BCUT2D eigenvalue weighted by Crippen LogP contribution is -2.06. The van der Waals surface area contributed by atoms with E-state index >= 15 is 0 Å². The van der Waals surface area contributed by atoms with E-state index in [0.29, 0.717) is 17.7 Å². The van der Waals surface area contributed by atoms with Crippen LogP contribution in [0.5, 0.6) is 5.75 Å². The molecule has 1 aliphatic rings. The fourth-order valence-electron chi connectivity index (χ4n) is 5.05. The smallest absolute Gasteiger partial charge is 0.146 e. The molecule has 3 heterocycles. The highest BCUT2D eigenvalue weighted by molar-refractivity contribution is 7.62. The van der Waals surface area contributed by atoms with Gasteiger partial charge in [-0.2, -0.15) is 0 Å². The molecular formula is C29H20N4O3P2. The van der Waals surface area contributed by atoms with E-state index in [1.165, 1.54) is 0 Å². The summed E-state index contributed by atoms with van der Waals surface area (Å²) in [6.45, 7) is 0.481. The van der Waals surface area contributed by atoms with Gasteiger partial charge in [-0.25, -0.2) is 9.97 Å². The number of aromatic nitrogens is 4. The van der Waals surface area contributed by atoms with Crippen LogP contribution < -0.4 is 15.9 Å². The van der Waals surface area contributed by atoms with Gasteiger partial charge in [0.05, 0.1) is 22.9 Å². The summed E-state index contributed by atoms with van der Waals surface area (Å²) < 4.78 is 6.32. The van der Waals surface area contributed by atoms with Crippen LogP contribution in [0.25, 0.3) is 55.3 Å². The van der Waals surface area contributed by atoms with Crippen molar-refractivity contribution in [2.75, 3.05) is 0 Å². The van der Waals surface area contributed by atoms with E-state index in [2.05, 4.69) is 80.6 Å². The standard InChI is InChI=1S/C29H20N4O3P2/c34-14-37-28-30-12-26(33-28)19-3-5-21-20(10-19)13-36-27-22-6-1-16(9-18(22)2-7-23(21)27)17-4-8-24-25(11-17)32-29(31-24)38-15-35/h1-12,14-15,37-38H,13H2,(H,30,33)(H,31,32). The molecule has 2 atom stereocenters. The van der Waals surface area contributed by atoms with Crippen LogP contribution in [0.15, 0.2) is 72.9 Å². The Balaban J connectivity index is 1.24. The van der Waals surface area contributed by atoms with Crippen LogP contribution in [-0.2, 0) is 16.2 Å². The van der Waals surface area contributed by atoms with Crippen LogP contribution in [0, 0.1) is 0 Å². The van der Waals surface area contributed by atoms with Gasteiger partial charge in [0.1, 0.15) is 35.5 Å². The SMILES string of the molecule is O=CPc1ncc(-c2ccc3c(c2)COc2c-3ccc3cc(-c4ccc5nc(PC=O)[nH]c5c4)ccc23)[nH]1. The highest BCUT2D eigenvalue weighted by Crippen LogP contribution is 2.44. The zero-order valence-electron chi connectivity index (χ0n) is 19.9. The fourth-order valence-corrected chi connectivity index (χ4v) is 6.01. The van der Waals surface area contributed by atoms with Gasteiger partial charge in [0, 0.05) is 28.1 Å². The molecule has 0 bridgehead atoms. The number of benzene rings is 4. The minimum Gasteiger partial charge on any atom is -0.488 e. The lowest BCUT2D eigenvalue weighted by molar-refractivity contribution is 0.306. The maximum absolute atomic E-state index is 10.9. The summed E-state index contributed by atoms with van der Waals surface area (Å²) in [6, 6.07) is 24.9. The summed E-state index contributed by atoms with van der Waals surface area (Å²) in [5, 5.41) is 2.18. The Kier molecular flexibility index (Phi) is 5.61. The Morgan fingerprint density at radius 3 is 2.47 bits per heavy atom. The quantitative estimate of drug-likeness (QED) is 0.223.